The van der Waals surface area contributed by atoms with Crippen LogP contribution in [0, 0.1) is 0 Å². The zero-order chi connectivity index (χ0) is 25.3. The molecule has 0 unspecified atom stereocenters. The van der Waals surface area contributed by atoms with E-state index in [9.17, 15) is 0 Å². The molecule has 0 nitrogen and oxygen atoms in total. The Kier molecular flexibility index (Phi) is 33.0. The molecule has 0 atom stereocenters. The van der Waals surface area contributed by atoms with E-state index in [0.29, 0.717) is 0 Å². The normalized spacial score (nSPS) is 11.9. The van der Waals surface area contributed by atoms with Crippen molar-refractivity contribution in [2.75, 3.05) is 0 Å². The van der Waals surface area contributed by atoms with Crippen molar-refractivity contribution in [3.63, 3.8) is 0 Å². The van der Waals surface area contributed by atoms with Gasteiger partial charge in [-0.05, 0) is 51.4 Å². The zero-order valence-electron chi connectivity index (χ0n) is 24.8. The number of unbranched alkanes of at least 4 members (excludes halogenated alkanes) is 26. The Labute approximate surface area is 224 Å². The predicted molar refractivity (Wildman–Crippen MR) is 164 cm³/mol. The molecule has 0 fully saturated rings. The third-order valence-corrected chi connectivity index (χ3v) is 7.52. The molecule has 0 aromatic heterocycles. The first-order chi connectivity index (χ1) is 17.4. The average Bonchev–Trinajstić information content (AvgIpc) is 2.87. The van der Waals surface area contributed by atoms with Gasteiger partial charge in [0.1, 0.15) is 0 Å². The van der Waals surface area contributed by atoms with Crippen molar-refractivity contribution in [2.45, 2.75) is 200 Å². The maximum atomic E-state index is 2.45. The SMILES string of the molecule is CCCCCCCC/C=C\CCCCCCCCC=CCCCCCCCCCCCCCCC. The van der Waals surface area contributed by atoms with Gasteiger partial charge in [-0.3, -0.25) is 0 Å². The van der Waals surface area contributed by atoms with Crippen LogP contribution in [-0.2, 0) is 0 Å². The van der Waals surface area contributed by atoms with Gasteiger partial charge in [-0.1, -0.05) is 173 Å². The first-order valence-corrected chi connectivity index (χ1v) is 16.7. The summed E-state index contributed by atoms with van der Waals surface area (Å²) in [4.78, 5) is 0. The fourth-order valence-corrected chi connectivity index (χ4v) is 5.03. The third-order valence-electron chi connectivity index (χ3n) is 7.52. The molecule has 0 aliphatic heterocycles. The van der Waals surface area contributed by atoms with E-state index in [0.717, 1.165) is 0 Å². The monoisotopic (exact) mass is 489 g/mol. The highest BCUT2D eigenvalue weighted by Crippen LogP contribution is 2.14. The van der Waals surface area contributed by atoms with E-state index in [-0.39, 0.29) is 0 Å². The summed E-state index contributed by atoms with van der Waals surface area (Å²) < 4.78 is 0. The van der Waals surface area contributed by atoms with Crippen LogP contribution in [0.1, 0.15) is 200 Å². The Morgan fingerprint density at radius 3 is 0.600 bits per heavy atom. The lowest BCUT2D eigenvalue weighted by Gasteiger charge is -2.02. The highest BCUT2D eigenvalue weighted by Gasteiger charge is 1.94. The predicted octanol–water partition coefficient (Wildman–Crippen LogP) is 13.5. The van der Waals surface area contributed by atoms with Crippen molar-refractivity contribution in [2.24, 2.45) is 0 Å². The molecule has 0 aromatic rings. The van der Waals surface area contributed by atoms with Gasteiger partial charge < -0.3 is 0 Å². The Morgan fingerprint density at radius 1 is 0.229 bits per heavy atom. The lowest BCUT2D eigenvalue weighted by atomic mass is 10.0. The molecule has 0 bridgehead atoms. The van der Waals surface area contributed by atoms with Gasteiger partial charge >= 0.3 is 0 Å². The maximum Gasteiger partial charge on any atom is -0.0351 e. The molecule has 0 aliphatic carbocycles. The summed E-state index contributed by atoms with van der Waals surface area (Å²) >= 11 is 0. The Morgan fingerprint density at radius 2 is 0.400 bits per heavy atom. The minimum absolute atomic E-state index is 1.30. The fraction of sp³-hybridized carbons (Fsp3) is 0.886. The van der Waals surface area contributed by atoms with Gasteiger partial charge in [-0.2, -0.15) is 0 Å². The Bertz CT molecular complexity index is 404. The molecule has 35 heavy (non-hydrogen) atoms. The molecule has 0 heterocycles. The summed E-state index contributed by atoms with van der Waals surface area (Å²) in [6, 6.07) is 0. The summed E-state index contributed by atoms with van der Waals surface area (Å²) in [6.07, 6.45) is 50.9. The smallest absolute Gasteiger partial charge is 0.0351 e. The van der Waals surface area contributed by atoms with Gasteiger partial charge in [-0.25, -0.2) is 0 Å². The van der Waals surface area contributed by atoms with E-state index >= 15 is 0 Å². The summed E-state index contributed by atoms with van der Waals surface area (Å²) in [7, 11) is 0. The molecule has 0 radical (unpaired) electrons. The van der Waals surface area contributed by atoms with E-state index in [1.54, 1.807) is 0 Å². The topological polar surface area (TPSA) is 0 Å². The lowest BCUT2D eigenvalue weighted by Crippen LogP contribution is -1.82. The fourth-order valence-electron chi connectivity index (χ4n) is 5.03. The van der Waals surface area contributed by atoms with Gasteiger partial charge in [0.15, 0.2) is 0 Å². The largest absolute Gasteiger partial charge is 0.0885 e. The van der Waals surface area contributed by atoms with Gasteiger partial charge in [0.2, 0.25) is 0 Å². The van der Waals surface area contributed by atoms with Gasteiger partial charge in [0, 0.05) is 0 Å². The van der Waals surface area contributed by atoms with Crippen LogP contribution >= 0.6 is 0 Å². The molecule has 0 heteroatoms. The quantitative estimate of drug-likeness (QED) is 0.0696. The number of rotatable bonds is 30. The standard InChI is InChI=1S/C35H68/c1-3-5-7-9-11-13-15-17-19-21-23-25-27-29-31-33-35-34-32-30-28-26-24-22-20-18-16-14-12-10-8-6-4-2/h17,19,32,34H,3-16,18,20-31,33,35H2,1-2H3/b19-17-,34-32?. The highest BCUT2D eigenvalue weighted by atomic mass is 14.0. The summed E-state index contributed by atoms with van der Waals surface area (Å²) in [5.41, 5.74) is 0. The molecule has 0 saturated heterocycles. The molecule has 0 rings (SSSR count). The van der Waals surface area contributed by atoms with E-state index in [2.05, 4.69) is 38.2 Å². The van der Waals surface area contributed by atoms with Gasteiger partial charge in [-0.15, -0.1) is 0 Å². The molecule has 0 amide bonds. The molecule has 0 N–H and O–H groups in total. The van der Waals surface area contributed by atoms with E-state index < -0.39 is 0 Å². The van der Waals surface area contributed by atoms with Crippen LogP contribution in [0.15, 0.2) is 24.3 Å². The lowest BCUT2D eigenvalue weighted by molar-refractivity contribution is 0.540. The van der Waals surface area contributed by atoms with Crippen molar-refractivity contribution in [1.29, 1.82) is 0 Å². The molecule has 208 valence electrons. The minimum atomic E-state index is 1.30. The van der Waals surface area contributed by atoms with Crippen LogP contribution in [0.4, 0.5) is 0 Å². The van der Waals surface area contributed by atoms with E-state index in [1.807, 2.05) is 0 Å². The van der Waals surface area contributed by atoms with Crippen LogP contribution in [-0.4, -0.2) is 0 Å². The Balaban J connectivity index is 3.12. The van der Waals surface area contributed by atoms with Crippen molar-refractivity contribution >= 4 is 0 Å². The molecule has 0 aromatic carbocycles. The number of hydrogen-bond donors (Lipinski definition) is 0. The minimum Gasteiger partial charge on any atom is -0.0885 e. The Hall–Kier alpha value is -0.520. The van der Waals surface area contributed by atoms with Gasteiger partial charge in [0.05, 0.1) is 0 Å². The average molecular weight is 489 g/mol. The van der Waals surface area contributed by atoms with Crippen LogP contribution in [0.5, 0.6) is 0 Å². The number of allylic oxidation sites excluding steroid dienone is 4. The van der Waals surface area contributed by atoms with E-state index in [4.69, 9.17) is 0 Å². The van der Waals surface area contributed by atoms with Gasteiger partial charge in [0.25, 0.3) is 0 Å². The second kappa shape index (κ2) is 33.5. The van der Waals surface area contributed by atoms with Crippen LogP contribution in [0.3, 0.4) is 0 Å². The zero-order valence-corrected chi connectivity index (χ0v) is 24.8. The molecular weight excluding hydrogens is 420 g/mol. The second-order valence-corrected chi connectivity index (χ2v) is 11.2. The number of hydrogen-bond acceptors (Lipinski definition) is 0. The molecule has 0 saturated carbocycles. The molecule has 0 spiro atoms. The van der Waals surface area contributed by atoms with Crippen molar-refractivity contribution in [3.05, 3.63) is 24.3 Å². The first-order valence-electron chi connectivity index (χ1n) is 16.7. The van der Waals surface area contributed by atoms with Crippen molar-refractivity contribution in [3.8, 4) is 0 Å². The summed E-state index contributed by atoms with van der Waals surface area (Å²) in [5, 5.41) is 0. The summed E-state index contributed by atoms with van der Waals surface area (Å²) in [6.45, 7) is 4.60. The van der Waals surface area contributed by atoms with E-state index in [1.165, 1.54) is 186 Å². The second-order valence-electron chi connectivity index (χ2n) is 11.2. The molecular formula is C35H68. The summed E-state index contributed by atoms with van der Waals surface area (Å²) in [5.74, 6) is 0. The highest BCUT2D eigenvalue weighted by molar-refractivity contribution is 4.82. The van der Waals surface area contributed by atoms with Crippen LogP contribution < -0.4 is 0 Å². The maximum absolute atomic E-state index is 2.45. The molecule has 0 aliphatic rings. The first kappa shape index (κ1) is 34.5. The third kappa shape index (κ3) is 33.5. The van der Waals surface area contributed by atoms with Crippen LogP contribution in [0.2, 0.25) is 0 Å². The van der Waals surface area contributed by atoms with Crippen molar-refractivity contribution in [1.82, 2.24) is 0 Å². The van der Waals surface area contributed by atoms with Crippen LogP contribution in [0.25, 0.3) is 0 Å². The van der Waals surface area contributed by atoms with Crippen molar-refractivity contribution < 1.29 is 0 Å².